The molecule has 0 bridgehead atoms. The number of hydrogen-bond acceptors (Lipinski definition) is 4. The summed E-state index contributed by atoms with van der Waals surface area (Å²) >= 11 is 0. The third-order valence-electron chi connectivity index (χ3n) is 2.92. The van der Waals surface area contributed by atoms with Gasteiger partial charge in [-0.05, 0) is 37.5 Å². The molecule has 0 saturated carbocycles. The molecule has 21 heavy (non-hydrogen) atoms. The molecular formula is C15H19FO5. The number of ether oxygens (including phenoxy) is 1. The van der Waals surface area contributed by atoms with Gasteiger partial charge in [-0.15, -0.1) is 0 Å². The van der Waals surface area contributed by atoms with Gasteiger partial charge in [-0.1, -0.05) is 12.1 Å². The molecule has 2 atom stereocenters. The van der Waals surface area contributed by atoms with E-state index >= 15 is 0 Å². The van der Waals surface area contributed by atoms with Crippen LogP contribution in [0, 0.1) is 5.82 Å². The Bertz CT molecular complexity index is 501. The van der Waals surface area contributed by atoms with Gasteiger partial charge in [0.25, 0.3) is 0 Å². The van der Waals surface area contributed by atoms with E-state index in [2.05, 4.69) is 0 Å². The monoisotopic (exact) mass is 298 g/mol. The summed E-state index contributed by atoms with van der Waals surface area (Å²) in [5.41, 5.74) is 0.297. The highest BCUT2D eigenvalue weighted by Gasteiger charge is 2.21. The zero-order chi connectivity index (χ0) is 15.8. The van der Waals surface area contributed by atoms with Crippen LogP contribution in [0.15, 0.2) is 30.4 Å². The number of benzene rings is 1. The molecule has 0 aliphatic rings. The average molecular weight is 298 g/mol. The van der Waals surface area contributed by atoms with Crippen molar-refractivity contribution < 1.29 is 29.2 Å². The molecule has 0 aliphatic carbocycles. The number of aliphatic carboxylic acids is 1. The lowest BCUT2D eigenvalue weighted by atomic mass is 10.00. The predicted molar refractivity (Wildman–Crippen MR) is 74.4 cm³/mol. The maximum atomic E-state index is 13.3. The molecule has 116 valence electrons. The lowest BCUT2D eigenvalue weighted by Crippen LogP contribution is -2.22. The molecule has 5 nitrogen and oxygen atoms in total. The molecule has 0 heterocycles. The van der Waals surface area contributed by atoms with E-state index in [0.717, 1.165) is 12.1 Å². The molecule has 1 rings (SSSR count). The Hall–Kier alpha value is -1.92. The van der Waals surface area contributed by atoms with Gasteiger partial charge in [-0.2, -0.15) is 0 Å². The summed E-state index contributed by atoms with van der Waals surface area (Å²) in [4.78, 5) is 10.4. The second-order valence-electron chi connectivity index (χ2n) is 4.47. The van der Waals surface area contributed by atoms with Crippen molar-refractivity contribution in [3.8, 4) is 5.75 Å². The van der Waals surface area contributed by atoms with E-state index in [1.807, 2.05) is 0 Å². The van der Waals surface area contributed by atoms with Crippen LogP contribution in [0.3, 0.4) is 0 Å². The molecule has 0 aromatic heterocycles. The summed E-state index contributed by atoms with van der Waals surface area (Å²) in [5.74, 6) is -2.33. The molecule has 0 amide bonds. The van der Waals surface area contributed by atoms with Crippen LogP contribution in [-0.2, 0) is 9.53 Å². The lowest BCUT2D eigenvalue weighted by molar-refractivity contribution is -0.131. The first kappa shape index (κ1) is 17.1. The maximum Gasteiger partial charge on any atom is 0.327 e. The Labute approximate surface area is 122 Å². The van der Waals surface area contributed by atoms with Gasteiger partial charge in [0.1, 0.15) is 6.10 Å². The molecule has 0 radical (unpaired) electrons. The van der Waals surface area contributed by atoms with Crippen molar-refractivity contribution in [3.05, 3.63) is 41.7 Å². The number of halogens is 1. The second-order valence-corrected chi connectivity index (χ2v) is 4.47. The molecule has 1 aromatic carbocycles. The zero-order valence-corrected chi connectivity index (χ0v) is 11.7. The molecule has 0 fully saturated rings. The third-order valence-corrected chi connectivity index (χ3v) is 2.92. The summed E-state index contributed by atoms with van der Waals surface area (Å²) in [6.07, 6.45) is 1.65. The molecule has 1 aromatic rings. The quantitative estimate of drug-likeness (QED) is 0.641. The Morgan fingerprint density at radius 2 is 2.19 bits per heavy atom. The van der Waals surface area contributed by atoms with Crippen LogP contribution in [0.1, 0.15) is 31.4 Å². The first-order valence-electron chi connectivity index (χ1n) is 6.63. The number of aromatic hydroxyl groups is 1. The minimum atomic E-state index is -1.06. The fraction of sp³-hybridized carbons (Fsp3) is 0.400. The Kier molecular flexibility index (Phi) is 6.84. The zero-order valence-electron chi connectivity index (χ0n) is 11.7. The van der Waals surface area contributed by atoms with Gasteiger partial charge >= 0.3 is 5.97 Å². The van der Waals surface area contributed by atoms with Crippen LogP contribution in [0.25, 0.3) is 0 Å². The highest BCUT2D eigenvalue weighted by Crippen LogP contribution is 2.26. The Balaban J connectivity index is 2.73. The highest BCUT2D eigenvalue weighted by molar-refractivity contribution is 5.79. The summed E-state index contributed by atoms with van der Waals surface area (Å²) in [7, 11) is 0. The van der Waals surface area contributed by atoms with E-state index in [9.17, 15) is 14.3 Å². The number of aliphatic hydroxyl groups is 1. The average Bonchev–Trinajstić information content (AvgIpc) is 2.44. The Morgan fingerprint density at radius 1 is 1.48 bits per heavy atom. The highest BCUT2D eigenvalue weighted by atomic mass is 19.1. The molecular weight excluding hydrogens is 279 g/mol. The maximum absolute atomic E-state index is 13.3. The molecule has 0 spiro atoms. The number of allylic oxidation sites excluding steroid dienone is 1. The normalized spacial score (nSPS) is 14.2. The topological polar surface area (TPSA) is 87.0 Å². The minimum Gasteiger partial charge on any atom is -0.505 e. The lowest BCUT2D eigenvalue weighted by Gasteiger charge is -2.23. The van der Waals surface area contributed by atoms with Crippen LogP contribution >= 0.6 is 0 Å². The summed E-state index contributed by atoms with van der Waals surface area (Å²) in [5, 5.41) is 27.9. The molecule has 6 heteroatoms. The summed E-state index contributed by atoms with van der Waals surface area (Å²) < 4.78 is 18.7. The number of aliphatic hydroxyl groups excluding tert-OH is 1. The van der Waals surface area contributed by atoms with Crippen molar-refractivity contribution in [1.82, 2.24) is 0 Å². The van der Waals surface area contributed by atoms with Gasteiger partial charge in [0.2, 0.25) is 0 Å². The number of hydrogen-bond donors (Lipinski definition) is 3. The minimum absolute atomic E-state index is 0.297. The molecule has 3 N–H and O–H groups in total. The smallest absolute Gasteiger partial charge is 0.327 e. The van der Waals surface area contributed by atoms with E-state index in [-0.39, 0.29) is 0 Å². The van der Waals surface area contributed by atoms with Gasteiger partial charge in [-0.3, -0.25) is 0 Å². The Morgan fingerprint density at radius 3 is 2.76 bits per heavy atom. The van der Waals surface area contributed by atoms with Crippen molar-refractivity contribution in [2.24, 2.45) is 0 Å². The number of phenols is 1. The van der Waals surface area contributed by atoms with Crippen LogP contribution in [0.5, 0.6) is 5.75 Å². The first-order chi connectivity index (χ1) is 9.95. The van der Waals surface area contributed by atoms with E-state index in [1.54, 1.807) is 6.92 Å². The van der Waals surface area contributed by atoms with Crippen molar-refractivity contribution in [1.29, 1.82) is 0 Å². The van der Waals surface area contributed by atoms with Gasteiger partial charge in [0.05, 0.1) is 6.10 Å². The van der Waals surface area contributed by atoms with Crippen molar-refractivity contribution in [2.75, 3.05) is 6.61 Å². The standard InChI is InChI=1S/C15H19FO5/c1-2-21-13(5-3-4-6-14(18)19)15(20)10-7-8-12(17)11(16)9-10/h4,6-9,13,15,17,20H,2-3,5H2,1H3,(H,18,19)/b6-4+/t13-,15-/m1/s1. The largest absolute Gasteiger partial charge is 0.505 e. The van der Waals surface area contributed by atoms with E-state index in [1.165, 1.54) is 18.2 Å². The first-order valence-corrected chi connectivity index (χ1v) is 6.63. The number of carbonyl (C=O) groups is 1. The van der Waals surface area contributed by atoms with Crippen LogP contribution in [0.2, 0.25) is 0 Å². The van der Waals surface area contributed by atoms with E-state index in [4.69, 9.17) is 14.9 Å². The number of carboxylic acids is 1. The van der Waals surface area contributed by atoms with E-state index < -0.39 is 29.7 Å². The van der Waals surface area contributed by atoms with Crippen LogP contribution < -0.4 is 0 Å². The molecule has 0 unspecified atom stereocenters. The van der Waals surface area contributed by atoms with E-state index in [0.29, 0.717) is 25.0 Å². The van der Waals surface area contributed by atoms with Crippen molar-refractivity contribution in [2.45, 2.75) is 32.0 Å². The van der Waals surface area contributed by atoms with Gasteiger partial charge in [0, 0.05) is 12.7 Å². The summed E-state index contributed by atoms with van der Waals surface area (Å²) in [6, 6.07) is 3.64. The van der Waals surface area contributed by atoms with Crippen molar-refractivity contribution in [3.63, 3.8) is 0 Å². The van der Waals surface area contributed by atoms with Gasteiger partial charge < -0.3 is 20.1 Å². The predicted octanol–water partition coefficient (Wildman–Crippen LogP) is 2.39. The second kappa shape index (κ2) is 8.39. The molecule has 0 saturated heterocycles. The number of phenolic OH excluding ortho intramolecular Hbond substituents is 1. The summed E-state index contributed by atoms with van der Waals surface area (Å²) in [6.45, 7) is 2.13. The third kappa shape index (κ3) is 5.53. The number of rotatable bonds is 8. The number of carboxylic acid groups (broad SMARTS) is 1. The fourth-order valence-corrected chi connectivity index (χ4v) is 1.91. The SMILES string of the molecule is CCO[C@H](CC/C=C/C(=O)O)[C@H](O)c1ccc(O)c(F)c1. The molecule has 0 aliphatic heterocycles. The van der Waals surface area contributed by atoms with Crippen molar-refractivity contribution >= 4 is 5.97 Å². The van der Waals surface area contributed by atoms with Gasteiger partial charge in [-0.25, -0.2) is 9.18 Å². The fourth-order valence-electron chi connectivity index (χ4n) is 1.91. The van der Waals surface area contributed by atoms with Crippen LogP contribution in [0.4, 0.5) is 4.39 Å². The van der Waals surface area contributed by atoms with Crippen LogP contribution in [-0.4, -0.2) is 34.0 Å². The van der Waals surface area contributed by atoms with Gasteiger partial charge in [0.15, 0.2) is 11.6 Å².